The van der Waals surface area contributed by atoms with Crippen LogP contribution in [0.25, 0.3) is 0 Å². The van der Waals surface area contributed by atoms with Gasteiger partial charge in [-0.1, -0.05) is 30.3 Å². The molecule has 0 amide bonds. The van der Waals surface area contributed by atoms with Crippen molar-refractivity contribution in [3.63, 3.8) is 0 Å². The summed E-state index contributed by atoms with van der Waals surface area (Å²) in [4.78, 5) is 6.90. The monoisotopic (exact) mass is 410 g/mol. The second-order valence-corrected chi connectivity index (χ2v) is 7.56. The zero-order chi connectivity index (χ0) is 21.0. The average molecular weight is 411 g/mol. The summed E-state index contributed by atoms with van der Waals surface area (Å²) in [5, 5.41) is 6.97. The highest BCUT2D eigenvalue weighted by molar-refractivity contribution is 5.79. The maximum absolute atomic E-state index is 5.77. The molecule has 0 atom stereocenters. The van der Waals surface area contributed by atoms with Crippen LogP contribution in [0.3, 0.4) is 0 Å². The van der Waals surface area contributed by atoms with E-state index in [0.29, 0.717) is 12.6 Å². The zero-order valence-corrected chi connectivity index (χ0v) is 18.1. The predicted molar refractivity (Wildman–Crippen MR) is 122 cm³/mol. The lowest BCUT2D eigenvalue weighted by Gasteiger charge is -2.33. The molecule has 0 unspecified atom stereocenters. The van der Waals surface area contributed by atoms with Gasteiger partial charge in [-0.2, -0.15) is 0 Å². The standard InChI is InChI=1S/C24H34N4O2/c1-25-24(26-15-6-18-30-23-11-9-22(29-2)10-12-23)27-21-13-16-28(17-14-21)19-20-7-4-3-5-8-20/h3-5,7-12,21H,6,13-19H2,1-2H3,(H2,25,26,27). The van der Waals surface area contributed by atoms with Gasteiger partial charge in [0.15, 0.2) is 5.96 Å². The zero-order valence-electron chi connectivity index (χ0n) is 18.1. The second kappa shape index (κ2) is 12.1. The highest BCUT2D eigenvalue weighted by Gasteiger charge is 2.19. The van der Waals surface area contributed by atoms with Crippen LogP contribution in [-0.2, 0) is 6.54 Å². The maximum Gasteiger partial charge on any atom is 0.191 e. The number of hydrogen-bond acceptors (Lipinski definition) is 4. The number of rotatable bonds is 9. The molecular weight excluding hydrogens is 376 g/mol. The number of methoxy groups -OCH3 is 1. The van der Waals surface area contributed by atoms with Crippen LogP contribution in [0.15, 0.2) is 59.6 Å². The second-order valence-electron chi connectivity index (χ2n) is 7.56. The molecule has 0 saturated carbocycles. The van der Waals surface area contributed by atoms with E-state index in [9.17, 15) is 0 Å². The summed E-state index contributed by atoms with van der Waals surface area (Å²) in [6.07, 6.45) is 3.17. The Labute approximate surface area is 180 Å². The van der Waals surface area contributed by atoms with Crippen molar-refractivity contribution in [2.75, 3.05) is 40.4 Å². The first-order valence-corrected chi connectivity index (χ1v) is 10.8. The molecule has 0 radical (unpaired) electrons. The Morgan fingerprint density at radius 3 is 2.40 bits per heavy atom. The molecule has 162 valence electrons. The summed E-state index contributed by atoms with van der Waals surface area (Å²) in [5.41, 5.74) is 1.39. The van der Waals surface area contributed by atoms with E-state index in [-0.39, 0.29) is 0 Å². The minimum Gasteiger partial charge on any atom is -0.497 e. The molecule has 6 heteroatoms. The van der Waals surface area contributed by atoms with E-state index in [2.05, 4.69) is 50.9 Å². The topological polar surface area (TPSA) is 58.1 Å². The fourth-order valence-corrected chi connectivity index (χ4v) is 3.61. The van der Waals surface area contributed by atoms with Gasteiger partial charge in [0.05, 0.1) is 13.7 Å². The Hall–Kier alpha value is -2.73. The van der Waals surface area contributed by atoms with Crippen molar-refractivity contribution in [3.05, 3.63) is 60.2 Å². The number of ether oxygens (including phenoxy) is 2. The van der Waals surface area contributed by atoms with Crippen LogP contribution < -0.4 is 20.1 Å². The molecule has 3 rings (SSSR count). The number of aliphatic imine (C=N–C) groups is 1. The lowest BCUT2D eigenvalue weighted by Crippen LogP contribution is -2.48. The molecule has 0 spiro atoms. The number of nitrogens with zero attached hydrogens (tertiary/aromatic N) is 2. The molecule has 6 nitrogen and oxygen atoms in total. The van der Waals surface area contributed by atoms with Crippen molar-refractivity contribution in [1.29, 1.82) is 0 Å². The van der Waals surface area contributed by atoms with Gasteiger partial charge >= 0.3 is 0 Å². The van der Waals surface area contributed by atoms with Gasteiger partial charge in [-0.3, -0.25) is 9.89 Å². The van der Waals surface area contributed by atoms with Crippen molar-refractivity contribution in [1.82, 2.24) is 15.5 Å². The third kappa shape index (κ3) is 7.26. The van der Waals surface area contributed by atoms with E-state index in [1.807, 2.05) is 31.3 Å². The summed E-state index contributed by atoms with van der Waals surface area (Å²) in [6.45, 7) is 4.74. The average Bonchev–Trinajstić information content (AvgIpc) is 2.80. The van der Waals surface area contributed by atoms with Crippen LogP contribution in [0.1, 0.15) is 24.8 Å². The van der Waals surface area contributed by atoms with Crippen molar-refractivity contribution in [3.8, 4) is 11.5 Å². The van der Waals surface area contributed by atoms with E-state index in [1.54, 1.807) is 7.11 Å². The SMILES string of the molecule is CN=C(NCCCOc1ccc(OC)cc1)NC1CCN(Cc2ccccc2)CC1. The van der Waals surface area contributed by atoms with Crippen LogP contribution in [0, 0.1) is 0 Å². The van der Waals surface area contributed by atoms with Crippen molar-refractivity contribution in [2.45, 2.75) is 31.8 Å². The molecule has 30 heavy (non-hydrogen) atoms. The minimum absolute atomic E-state index is 0.471. The summed E-state index contributed by atoms with van der Waals surface area (Å²) in [7, 11) is 3.49. The molecule has 1 heterocycles. The summed E-state index contributed by atoms with van der Waals surface area (Å²) in [5.74, 6) is 2.58. The lowest BCUT2D eigenvalue weighted by molar-refractivity contribution is 0.198. The third-order valence-electron chi connectivity index (χ3n) is 5.34. The number of benzene rings is 2. The van der Waals surface area contributed by atoms with Crippen LogP contribution >= 0.6 is 0 Å². The first-order chi connectivity index (χ1) is 14.8. The number of piperidine rings is 1. The Morgan fingerprint density at radius 2 is 1.73 bits per heavy atom. The molecule has 0 bridgehead atoms. The molecule has 0 aliphatic carbocycles. The number of hydrogen-bond donors (Lipinski definition) is 2. The van der Waals surface area contributed by atoms with E-state index in [1.165, 1.54) is 5.56 Å². The van der Waals surface area contributed by atoms with Crippen LogP contribution in [-0.4, -0.2) is 57.3 Å². The predicted octanol–water partition coefficient (Wildman–Crippen LogP) is 3.29. The minimum atomic E-state index is 0.471. The first-order valence-electron chi connectivity index (χ1n) is 10.8. The van der Waals surface area contributed by atoms with Crippen molar-refractivity contribution in [2.24, 2.45) is 4.99 Å². The molecular formula is C24H34N4O2. The number of guanidine groups is 1. The summed E-state index contributed by atoms with van der Waals surface area (Å²) in [6, 6.07) is 18.8. The summed E-state index contributed by atoms with van der Waals surface area (Å²) < 4.78 is 10.9. The van der Waals surface area contributed by atoms with Gasteiger partial charge < -0.3 is 20.1 Å². The van der Waals surface area contributed by atoms with Crippen molar-refractivity contribution < 1.29 is 9.47 Å². The van der Waals surface area contributed by atoms with Crippen LogP contribution in [0.2, 0.25) is 0 Å². The quantitative estimate of drug-likeness (QED) is 0.377. The lowest BCUT2D eigenvalue weighted by atomic mass is 10.0. The molecule has 0 aromatic heterocycles. The number of nitrogens with one attached hydrogen (secondary N) is 2. The molecule has 2 aromatic rings. The van der Waals surface area contributed by atoms with Gasteiger partial charge in [-0.15, -0.1) is 0 Å². The molecule has 1 aliphatic heterocycles. The maximum atomic E-state index is 5.77. The highest BCUT2D eigenvalue weighted by atomic mass is 16.5. The van der Waals surface area contributed by atoms with E-state index < -0.39 is 0 Å². The fraction of sp³-hybridized carbons (Fsp3) is 0.458. The summed E-state index contributed by atoms with van der Waals surface area (Å²) >= 11 is 0. The third-order valence-corrected chi connectivity index (χ3v) is 5.34. The Bertz CT molecular complexity index is 757. The normalized spacial score (nSPS) is 15.6. The van der Waals surface area contributed by atoms with Gasteiger partial charge in [-0.25, -0.2) is 0 Å². The van der Waals surface area contributed by atoms with E-state index in [0.717, 1.165) is 62.9 Å². The Balaban J connectivity index is 1.29. The van der Waals surface area contributed by atoms with E-state index >= 15 is 0 Å². The molecule has 2 N–H and O–H groups in total. The van der Waals surface area contributed by atoms with Gasteiger partial charge in [0, 0.05) is 39.3 Å². The van der Waals surface area contributed by atoms with Gasteiger partial charge in [-0.05, 0) is 49.1 Å². The molecule has 1 fully saturated rings. The fourth-order valence-electron chi connectivity index (χ4n) is 3.61. The Kier molecular flexibility index (Phi) is 8.84. The Morgan fingerprint density at radius 1 is 1.03 bits per heavy atom. The highest BCUT2D eigenvalue weighted by Crippen LogP contribution is 2.17. The first kappa shape index (κ1) is 22.0. The molecule has 1 aliphatic rings. The van der Waals surface area contributed by atoms with Crippen LogP contribution in [0.5, 0.6) is 11.5 Å². The molecule has 2 aromatic carbocycles. The van der Waals surface area contributed by atoms with Gasteiger partial charge in [0.1, 0.15) is 11.5 Å². The molecule has 1 saturated heterocycles. The number of likely N-dealkylation sites (tertiary alicyclic amines) is 1. The van der Waals surface area contributed by atoms with Crippen molar-refractivity contribution >= 4 is 5.96 Å². The van der Waals surface area contributed by atoms with Crippen LogP contribution in [0.4, 0.5) is 0 Å². The van der Waals surface area contributed by atoms with Gasteiger partial charge in [0.2, 0.25) is 0 Å². The smallest absolute Gasteiger partial charge is 0.191 e. The van der Waals surface area contributed by atoms with E-state index in [4.69, 9.17) is 9.47 Å². The van der Waals surface area contributed by atoms with Gasteiger partial charge in [0.25, 0.3) is 0 Å². The largest absolute Gasteiger partial charge is 0.497 e.